The Kier molecular flexibility index (Phi) is 5.74. The summed E-state index contributed by atoms with van der Waals surface area (Å²) in [5.74, 6) is 0.626. The molecule has 1 unspecified atom stereocenters. The molecule has 5 rings (SSSR count). The van der Waals surface area contributed by atoms with Gasteiger partial charge in [0.2, 0.25) is 0 Å². The van der Waals surface area contributed by atoms with Crippen molar-refractivity contribution in [3.63, 3.8) is 0 Å². The van der Waals surface area contributed by atoms with Crippen molar-refractivity contribution >= 4 is 39.1 Å². The first-order chi connectivity index (χ1) is 15.5. The number of aromatic nitrogens is 2. The third kappa shape index (κ3) is 3.82. The Bertz CT molecular complexity index is 1350. The lowest BCUT2D eigenvalue weighted by Gasteiger charge is -2.19. The highest BCUT2D eigenvalue weighted by atomic mass is 32.2. The number of hydrogen-bond acceptors (Lipinski definition) is 5. The fourth-order valence-electron chi connectivity index (χ4n) is 4.37. The zero-order chi connectivity index (χ0) is 22.2. The summed E-state index contributed by atoms with van der Waals surface area (Å²) in [6.45, 7) is 4.24. The van der Waals surface area contributed by atoms with E-state index < -0.39 is 0 Å². The molecule has 4 nitrogen and oxygen atoms in total. The maximum Gasteiger partial charge on any atom is 0.267 e. The molecule has 2 aromatic heterocycles. The fourth-order valence-corrected chi connectivity index (χ4v) is 6.66. The number of fused-ring (bicyclic) bond motifs is 3. The number of hydrogen-bond donors (Lipinski definition) is 0. The Morgan fingerprint density at radius 2 is 1.91 bits per heavy atom. The summed E-state index contributed by atoms with van der Waals surface area (Å²) in [5.41, 5.74) is 3.75. The summed E-state index contributed by atoms with van der Waals surface area (Å²) in [5, 5.41) is 1.33. The van der Waals surface area contributed by atoms with E-state index >= 15 is 0 Å². The highest BCUT2D eigenvalue weighted by Crippen LogP contribution is 2.41. The average molecular weight is 461 g/mol. The standard InChI is InChI=1S/C26H24N2O2S2/c1-16-11-13-19(14-12-16)28-25(30)23-22-17(2)7-6-10-21(22)32-24(23)27-26(28)31-15-20(29)18-8-4-3-5-9-18/h3-5,8-9,11-14,17H,6-7,10,15H2,1-2H3. The number of nitrogens with zero attached hydrogens (tertiary/aromatic N) is 2. The van der Waals surface area contributed by atoms with Gasteiger partial charge < -0.3 is 0 Å². The van der Waals surface area contributed by atoms with Gasteiger partial charge in [0.1, 0.15) is 4.83 Å². The lowest BCUT2D eigenvalue weighted by molar-refractivity contribution is 0.102. The predicted octanol–water partition coefficient (Wildman–Crippen LogP) is 6.17. The number of thioether (sulfide) groups is 1. The zero-order valence-electron chi connectivity index (χ0n) is 18.1. The third-order valence-electron chi connectivity index (χ3n) is 6.06. The number of rotatable bonds is 5. The van der Waals surface area contributed by atoms with Gasteiger partial charge in [0.25, 0.3) is 5.56 Å². The third-order valence-corrected chi connectivity index (χ3v) is 8.16. The van der Waals surface area contributed by atoms with E-state index in [1.54, 1.807) is 15.9 Å². The minimum Gasteiger partial charge on any atom is -0.293 e. The molecule has 0 saturated carbocycles. The van der Waals surface area contributed by atoms with Crippen molar-refractivity contribution in [1.82, 2.24) is 9.55 Å². The van der Waals surface area contributed by atoms with Crippen molar-refractivity contribution in [2.45, 2.75) is 44.2 Å². The molecule has 0 aliphatic heterocycles. The van der Waals surface area contributed by atoms with Gasteiger partial charge in [0, 0.05) is 10.4 Å². The van der Waals surface area contributed by atoms with Gasteiger partial charge in [-0.05, 0) is 49.8 Å². The lowest BCUT2D eigenvalue weighted by atomic mass is 9.88. The van der Waals surface area contributed by atoms with E-state index in [9.17, 15) is 9.59 Å². The molecule has 0 radical (unpaired) electrons. The first-order valence-electron chi connectivity index (χ1n) is 10.9. The van der Waals surface area contributed by atoms with Crippen LogP contribution in [0, 0.1) is 6.92 Å². The highest BCUT2D eigenvalue weighted by Gasteiger charge is 2.27. The van der Waals surface area contributed by atoms with Crippen LogP contribution in [0.25, 0.3) is 15.9 Å². The summed E-state index contributed by atoms with van der Waals surface area (Å²) in [6, 6.07) is 17.2. The van der Waals surface area contributed by atoms with Crippen molar-refractivity contribution in [2.24, 2.45) is 0 Å². The summed E-state index contributed by atoms with van der Waals surface area (Å²) in [6.07, 6.45) is 3.27. The first kappa shape index (κ1) is 21.2. The number of Topliss-reactive ketones (excluding diaryl/α,β-unsaturated/α-hetero) is 1. The lowest BCUT2D eigenvalue weighted by Crippen LogP contribution is -2.23. The van der Waals surface area contributed by atoms with Crippen LogP contribution in [0.1, 0.15) is 52.0 Å². The Morgan fingerprint density at radius 1 is 1.16 bits per heavy atom. The molecule has 0 amide bonds. The minimum absolute atomic E-state index is 0.0273. The monoisotopic (exact) mass is 460 g/mol. The van der Waals surface area contributed by atoms with Gasteiger partial charge in [-0.15, -0.1) is 11.3 Å². The molecule has 32 heavy (non-hydrogen) atoms. The van der Waals surface area contributed by atoms with Crippen LogP contribution >= 0.6 is 23.1 Å². The summed E-state index contributed by atoms with van der Waals surface area (Å²) < 4.78 is 1.69. The van der Waals surface area contributed by atoms with E-state index in [0.29, 0.717) is 16.6 Å². The smallest absolute Gasteiger partial charge is 0.267 e. The number of carbonyl (C=O) groups excluding carboxylic acids is 1. The molecule has 1 atom stereocenters. The Labute approximate surface area is 195 Å². The van der Waals surface area contributed by atoms with Gasteiger partial charge in [-0.25, -0.2) is 4.98 Å². The first-order valence-corrected chi connectivity index (χ1v) is 12.7. The quantitative estimate of drug-likeness (QED) is 0.203. The van der Waals surface area contributed by atoms with Gasteiger partial charge >= 0.3 is 0 Å². The van der Waals surface area contributed by atoms with Gasteiger partial charge in [0.15, 0.2) is 10.9 Å². The van der Waals surface area contributed by atoms with Gasteiger partial charge in [-0.1, -0.05) is 66.7 Å². The predicted molar refractivity (Wildman–Crippen MR) is 133 cm³/mol. The number of ketones is 1. The second-order valence-corrected chi connectivity index (χ2v) is 10.4. The number of aryl methyl sites for hydroxylation is 2. The maximum atomic E-state index is 13.9. The molecule has 1 aliphatic carbocycles. The van der Waals surface area contributed by atoms with Crippen LogP contribution in [-0.4, -0.2) is 21.1 Å². The molecule has 2 heterocycles. The van der Waals surface area contributed by atoms with Crippen LogP contribution in [-0.2, 0) is 6.42 Å². The molecule has 0 N–H and O–H groups in total. The van der Waals surface area contributed by atoms with E-state index in [-0.39, 0.29) is 17.1 Å². The van der Waals surface area contributed by atoms with E-state index in [0.717, 1.165) is 40.7 Å². The molecule has 6 heteroatoms. The number of carbonyl (C=O) groups is 1. The van der Waals surface area contributed by atoms with Gasteiger partial charge in [-0.2, -0.15) is 0 Å². The Hall–Kier alpha value is -2.70. The Morgan fingerprint density at radius 3 is 2.66 bits per heavy atom. The van der Waals surface area contributed by atoms with Crippen molar-refractivity contribution in [3.05, 3.63) is 86.5 Å². The summed E-state index contributed by atoms with van der Waals surface area (Å²) in [4.78, 5) is 33.6. The molecule has 0 saturated heterocycles. The number of benzene rings is 2. The van der Waals surface area contributed by atoms with Crippen molar-refractivity contribution < 1.29 is 4.79 Å². The largest absolute Gasteiger partial charge is 0.293 e. The molecule has 162 valence electrons. The van der Waals surface area contributed by atoms with Gasteiger partial charge in [-0.3, -0.25) is 14.2 Å². The number of thiophene rings is 1. The molecule has 4 aromatic rings. The van der Waals surface area contributed by atoms with E-state index in [1.165, 1.54) is 22.2 Å². The molecular weight excluding hydrogens is 436 g/mol. The maximum absolute atomic E-state index is 13.9. The van der Waals surface area contributed by atoms with Crippen LogP contribution in [0.3, 0.4) is 0 Å². The molecule has 1 aliphatic rings. The minimum atomic E-state index is -0.0280. The van der Waals surface area contributed by atoms with Gasteiger partial charge in [0.05, 0.1) is 16.8 Å². The van der Waals surface area contributed by atoms with Crippen molar-refractivity contribution in [1.29, 1.82) is 0 Å². The average Bonchev–Trinajstić information content (AvgIpc) is 3.19. The zero-order valence-corrected chi connectivity index (χ0v) is 19.8. The molecular formula is C26H24N2O2S2. The second-order valence-electron chi connectivity index (χ2n) is 8.36. The van der Waals surface area contributed by atoms with E-state index in [4.69, 9.17) is 4.98 Å². The van der Waals surface area contributed by atoms with Crippen LogP contribution < -0.4 is 5.56 Å². The molecule has 0 spiro atoms. The van der Waals surface area contributed by atoms with Crippen LogP contribution in [0.2, 0.25) is 0 Å². The van der Waals surface area contributed by atoms with Crippen LogP contribution in [0.5, 0.6) is 0 Å². The summed E-state index contributed by atoms with van der Waals surface area (Å²) >= 11 is 2.98. The summed E-state index contributed by atoms with van der Waals surface area (Å²) in [7, 11) is 0. The fraction of sp³-hybridized carbons (Fsp3) is 0.269. The molecule has 0 bridgehead atoms. The second kappa shape index (κ2) is 8.68. The Balaban J connectivity index is 1.64. The van der Waals surface area contributed by atoms with Crippen LogP contribution in [0.4, 0.5) is 0 Å². The van der Waals surface area contributed by atoms with E-state index in [1.807, 2.05) is 61.5 Å². The molecule has 2 aromatic carbocycles. The SMILES string of the molecule is Cc1ccc(-n2c(SCC(=O)c3ccccc3)nc3sc4c(c3c2=O)C(C)CCC4)cc1. The van der Waals surface area contributed by atoms with Crippen molar-refractivity contribution in [2.75, 3.05) is 5.75 Å². The van der Waals surface area contributed by atoms with E-state index in [2.05, 4.69) is 6.92 Å². The molecule has 0 fully saturated rings. The van der Waals surface area contributed by atoms with Crippen LogP contribution in [0.15, 0.2) is 64.5 Å². The highest BCUT2D eigenvalue weighted by molar-refractivity contribution is 7.99. The topological polar surface area (TPSA) is 52.0 Å². The van der Waals surface area contributed by atoms with Crippen molar-refractivity contribution in [3.8, 4) is 5.69 Å². The normalized spacial score (nSPS) is 15.6.